The van der Waals surface area contributed by atoms with Gasteiger partial charge in [0.1, 0.15) is 23.2 Å². The van der Waals surface area contributed by atoms with Gasteiger partial charge in [0.15, 0.2) is 5.78 Å². The Morgan fingerprint density at radius 1 is 0.605 bits per heavy atom. The van der Waals surface area contributed by atoms with Crippen LogP contribution in [-0.2, 0) is 46.7 Å². The summed E-state index contributed by atoms with van der Waals surface area (Å²) in [4.78, 5) is 45.4. The molecular formula is C69H253N9O3. The smallest absolute Gasteiger partial charge is 0.226 e. The zero-order valence-corrected chi connectivity index (χ0v) is 49.4. The highest BCUT2D eigenvalue weighted by atomic mass is 16.5. The molecule has 0 bridgehead atoms. The molecule has 0 unspecified atom stereocenters. The molecule has 592 valence electrons. The van der Waals surface area contributed by atoms with Crippen molar-refractivity contribution in [2.75, 3.05) is 0 Å². The normalized spacial score (nSPS) is 35.4. The van der Waals surface area contributed by atoms with Crippen LogP contribution in [-0.4, -0.2) is 46.0 Å². The van der Waals surface area contributed by atoms with Crippen LogP contribution in [0.4, 0.5) is 0 Å². The van der Waals surface area contributed by atoms with E-state index >= 15 is 0 Å². The minimum Gasteiger partial charge on any atom is -0.523 e. The van der Waals surface area contributed by atoms with E-state index in [4.69, 9.17) is 288 Å². The van der Waals surface area contributed by atoms with Gasteiger partial charge in [0.05, 0.1) is 42.2 Å². The first-order valence-electron chi connectivity index (χ1n) is 116. The van der Waals surface area contributed by atoms with E-state index in [2.05, 4.69) is 172 Å². The van der Waals surface area contributed by atoms with Gasteiger partial charge in [-0.15, -0.1) is 0 Å². The van der Waals surface area contributed by atoms with Crippen LogP contribution in [0.1, 0.15) is 451 Å². The van der Waals surface area contributed by atoms with Crippen LogP contribution in [0.3, 0.4) is 0 Å². The van der Waals surface area contributed by atoms with Crippen molar-refractivity contribution in [1.29, 1.82) is 0 Å². The highest BCUT2D eigenvalue weighted by molar-refractivity contribution is 6.00. The summed E-state index contributed by atoms with van der Waals surface area (Å²) in [5.41, 5.74) is 15.8. The fourth-order valence-electron chi connectivity index (χ4n) is 15.2. The second kappa shape index (κ2) is 21.1. The summed E-state index contributed by atoms with van der Waals surface area (Å²) in [6, 6.07) is 26.0. The second-order valence-corrected chi connectivity index (χ2v) is 26.0. The van der Waals surface area contributed by atoms with Crippen LogP contribution in [0.15, 0.2) is 107 Å². The number of aromatic nitrogens is 7. The number of nitrogens with one attached hydrogen (secondary N) is 3. The molecule has 6 aliphatic carbocycles. The van der Waals surface area contributed by atoms with Crippen molar-refractivity contribution < 1.29 is 271 Å². The first-order valence-corrected chi connectivity index (χ1v) is 29.6. The molecule has 3 aromatic carbocycles. The number of aromatic amines is 3. The average molecular weight is 1610 g/mol. The van der Waals surface area contributed by atoms with Gasteiger partial charge in [-0.1, -0.05) is 167 Å². The van der Waals surface area contributed by atoms with Crippen LogP contribution in [0, 0.1) is 42.7 Å². The highest BCUT2D eigenvalue weighted by Crippen LogP contribution is 2.55. The van der Waals surface area contributed by atoms with Crippen molar-refractivity contribution in [3.05, 3.63) is 187 Å². The minimum absolute atomic E-state index is 0. The molecule has 9 atom stereocenters. The Bertz CT molecular complexity index is 3890. The molecule has 6 aliphatic rings. The molecular weight excluding hydrogens is 1000 g/mol. The highest BCUT2D eigenvalue weighted by Gasteiger charge is 2.53. The SMILES string of the molecule is CC(C)c1ccc(-c2nc3c([nH]2)CC[C@@H]2[C@@H](C)c4oncc4C[C@@]32C)cc1.[3HH].[3H][3H].[3H][3H].[3H][3H].[3H][3H].[3H][3H].[3H][3H].[3H][3H].[3H][3H].[3H][3H].[3H][3H].[3H][3H].[3H][3H].[3H][3H].[3H][3H].[3H][3H].[3H][3H].[3H][3H].[3H][3H].[3H][3H].[3H][3H].[3H][3H].[3H][3H].[3H][3H].[3H][3H].[3H][3H].[3H][3H].[3H][3H].[3H][3H].[3H][3H].[3H][3H].[3H][3H].[3H][3H].[3H][3H].[3H][3H].[3H][3H].[3H][3H].[3H][3H].[3H][3H].[3H][3H].[3H][3H].[3H][3H].[3H][3H].[3H][3H].[3H][3H].[3H][3H].[3H][3H].[3H][3H].[3H][3H].[3H][3H].[3H][3H].[3H][3H].[3H][3H].[3H][3H].[3H][3H].[3H][3H].[3H][3H].[3H][3H].[3H][3H].[3H][3H].[3H][3H].[3H][3H].[3H][3H].[3H][3H].[3H][3H].[3H][3H].[3H][3H].[3H][3H].[3H][3H].[3H][3H].[3H][3H].[3H][3H].[3H][3H].[3H][3H].[3H][3H].[3H][3H].[3H][3H].[3H][3H].[3H][3H].[3H][3H].[3H][3H].[3H][3H].[3H][3H].[3H][3H].[3H][3H].[3H][3H].[3H][3H].[C-]#[N+]C1=C(O)[C@H](C)[C@H]2CCc3[nH]c(-c4ccc(C(C)C)cc4)nc3[C@]2(C)C1.[C-]#[N+]C1=C[C@@]2(C)c3nc(-c4ccc(C(C)C)cc4)[nH]c3CC[C@@H]2[C@@H](C)C1=O. The van der Waals surface area contributed by atoms with Crippen molar-refractivity contribution in [3.8, 4) is 34.2 Å². The van der Waals surface area contributed by atoms with Gasteiger partial charge in [-0.2, -0.15) is 0 Å². The summed E-state index contributed by atoms with van der Waals surface area (Å²) in [6.07, 6.45) is 11.3. The maximum Gasteiger partial charge on any atom is 0.226 e. The van der Waals surface area contributed by atoms with Gasteiger partial charge >= 0.3 is 0 Å². The third-order valence-corrected chi connectivity index (χ3v) is 20.1. The van der Waals surface area contributed by atoms with Gasteiger partial charge in [0.2, 0.25) is 11.4 Å². The maximum absolute atomic E-state index is 12.5. The maximum atomic E-state index is 12.5. The fraction of sp³-hybridized carbons (Fsp3) is 0.464. The van der Waals surface area contributed by atoms with Crippen LogP contribution < -0.4 is 0 Å². The number of Topliss-reactive ketones (excluding diaryl/α,β-unsaturated/α-hetero) is 1. The van der Waals surface area contributed by atoms with Crippen molar-refractivity contribution in [3.63, 3.8) is 0 Å². The number of aliphatic hydroxyl groups is 1. The fourth-order valence-corrected chi connectivity index (χ4v) is 15.2. The lowest BCUT2D eigenvalue weighted by Crippen LogP contribution is -2.45. The number of hydrogen-bond acceptors (Lipinski definition) is 7. The van der Waals surface area contributed by atoms with E-state index in [-0.39, 0.29) is 52.7 Å². The van der Waals surface area contributed by atoms with Crippen LogP contribution in [0.2, 0.25) is 0 Å². The third kappa shape index (κ3) is 9.50. The van der Waals surface area contributed by atoms with E-state index in [0.717, 1.165) is 90.0 Å². The number of carbonyl (C=O) groups is 1. The number of H-pyrrole nitrogens is 3. The van der Waals surface area contributed by atoms with Gasteiger partial charge in [-0.25, -0.2) is 24.6 Å². The molecule has 0 fully saturated rings. The summed E-state index contributed by atoms with van der Waals surface area (Å²) in [6.45, 7) is 41.1. The number of aliphatic hydroxyl groups excluding tert-OH is 1. The van der Waals surface area contributed by atoms with E-state index < -0.39 is 0 Å². The van der Waals surface area contributed by atoms with Crippen molar-refractivity contribution >= 4 is 5.78 Å². The number of rotatable bonds is 6. The Labute approximate surface area is 745 Å². The van der Waals surface area contributed by atoms with Crippen LogP contribution >= 0.6 is 0 Å². The van der Waals surface area contributed by atoms with Crippen molar-refractivity contribution in [2.45, 2.75) is 174 Å². The lowest BCUT2D eigenvalue weighted by atomic mass is 9.57. The zero-order valence-electron chi connectivity index (χ0n) is 221. The number of aryl methyl sites for hydroxylation is 3. The molecule has 12 heteroatoms. The van der Waals surface area contributed by atoms with Crippen LogP contribution in [0.25, 0.3) is 43.9 Å². The first kappa shape index (κ1) is 13.4. The van der Waals surface area contributed by atoms with E-state index in [0.29, 0.717) is 47.6 Å². The van der Waals surface area contributed by atoms with E-state index in [1.807, 2.05) is 26.1 Å². The molecule has 7 aromatic rings. The molecule has 0 aliphatic heterocycles. The van der Waals surface area contributed by atoms with E-state index in [1.165, 1.54) is 51.3 Å². The Hall–Kier alpha value is -7.57. The standard InChI is InChI=1S/2C23H27N3O.C23H25N3O.87H2/c1-13(2)15-5-7-16(8-6-15)22-25-19-10-9-18-14(3)20-17(12-24-27-20)11-23(18,4)21(19)26-22;2*1-13(2)15-6-8-16(9-7-15)22-25-18-11-10-17-14(3)20(27)19(24-5)12-23(17,4)21(18)26-22;;;;;;;;;;;;;;;;;;;;;;;;;;;;;;;;;;;;;;;;;;;;;;;;;;;;;;;;;;;;;;;;;;;;;;;;;;;;;;;;;;;;;;;/h5-8,12-14,18H,9-11H2,1-4H3,(H,25,26);6-9,13-14,17,27H,10-12H2,1-4H3,(H,25,26);6-9,12-14,17H,10-11H2,1-4H3,(H,25,26);87*1H/t14-,18-,23-;2*14-,17-,23-;;;;;;;;;;;;;;;;;;;;;;;;;;;;;;;;;;;;;;;;;;;;;;;;;;;;;;;;;;;;;;;;;;;;;;;;;;;;;;;;;;;;;;;/m111......................................................................................./s1/i;;;86*1+2T;1+2. The van der Waals surface area contributed by atoms with E-state index in [1.54, 1.807) is 0 Å². The molecule has 0 amide bonds. The molecule has 0 saturated heterocycles. The van der Waals surface area contributed by atoms with Gasteiger partial charge < -0.3 is 29.4 Å². The molecule has 4 heterocycles. The minimum atomic E-state index is -0.368. The van der Waals surface area contributed by atoms with Gasteiger partial charge in [-0.3, -0.25) is 0 Å². The zero-order chi connectivity index (χ0) is 229. The molecule has 4 aromatic heterocycles. The quantitative estimate of drug-likeness (QED) is 0.121. The predicted molar refractivity (Wildman–Crippen MR) is 503 cm³/mol. The van der Waals surface area contributed by atoms with E-state index in [9.17, 15) is 9.90 Å². The van der Waals surface area contributed by atoms with Crippen molar-refractivity contribution in [1.82, 2.24) is 35.1 Å². The number of hydrogen-bond donors (Lipinski definition) is 4. The number of ketones is 1. The summed E-state index contributed by atoms with van der Waals surface area (Å²) < 4.78 is 866. The molecule has 0 saturated carbocycles. The molecule has 12 nitrogen and oxygen atoms in total. The van der Waals surface area contributed by atoms with Crippen molar-refractivity contribution in [2.24, 2.45) is 29.6 Å². The number of imidazole rings is 3. The Morgan fingerprint density at radius 2 is 1.02 bits per heavy atom. The summed E-state index contributed by atoms with van der Waals surface area (Å²) in [7, 11) is 0. The van der Waals surface area contributed by atoms with Gasteiger partial charge in [0.25, 0.3) is 0 Å². The summed E-state index contributed by atoms with van der Waals surface area (Å²) in [5.74, 6) is 7.02. The Morgan fingerprint density at radius 3 is 1.47 bits per heavy atom. The monoisotopic (exact) mass is 1600 g/mol. The Kier molecular flexibility index (Phi) is 3.49. The lowest BCUT2D eigenvalue weighted by molar-refractivity contribution is -0.121. The van der Waals surface area contributed by atoms with Gasteiger partial charge in [0, 0.05) is 330 Å². The molecule has 13 rings (SSSR count). The second-order valence-electron chi connectivity index (χ2n) is 26.0. The third-order valence-electron chi connectivity index (χ3n) is 20.1. The number of fused-ring (bicyclic) bond motifs is 10. The van der Waals surface area contributed by atoms with Gasteiger partial charge in [-0.05, 0) is 104 Å². The molecule has 0 spiro atoms. The van der Waals surface area contributed by atoms with Crippen LogP contribution in [0.5, 0.6) is 0 Å². The average Bonchev–Trinajstić information content (AvgIpc) is 1.57. The summed E-state index contributed by atoms with van der Waals surface area (Å²) in [5, 5.41) is 14.5. The molecule has 0 radical (unpaired) electrons. The Balaban J connectivity index is -0.0000000175. The molecule has 81 heavy (non-hydrogen) atoms. The predicted octanol–water partition coefficient (Wildman–Crippen LogP) is 37.6. The summed E-state index contributed by atoms with van der Waals surface area (Å²) >= 11 is 0. The largest absolute Gasteiger partial charge is 0.523 e. The first-order chi connectivity index (χ1) is 125. The number of allylic oxidation sites excluding steroid dienone is 4. The molecule has 4 N–H and O–H groups in total. The number of carbonyl (C=O) groups excluding carboxylic acids is 1. The number of nitrogens with zero attached hydrogens (tertiary/aromatic N) is 6. The lowest BCUT2D eigenvalue weighted by Gasteiger charge is -2.46. The number of benzene rings is 3. The topological polar surface area (TPSA) is 158 Å².